The molecule has 1 N–H and O–H groups in total. The van der Waals surface area contributed by atoms with Crippen molar-refractivity contribution >= 4 is 33.5 Å². The summed E-state index contributed by atoms with van der Waals surface area (Å²) >= 11 is 1.11. The highest BCUT2D eigenvalue weighted by molar-refractivity contribution is 7.20. The van der Waals surface area contributed by atoms with E-state index < -0.39 is 12.1 Å². The third-order valence-corrected chi connectivity index (χ3v) is 5.03. The summed E-state index contributed by atoms with van der Waals surface area (Å²) in [5, 5.41) is 0.368. The van der Waals surface area contributed by atoms with Gasteiger partial charge in [-0.25, -0.2) is 9.78 Å². The summed E-state index contributed by atoms with van der Waals surface area (Å²) in [4.78, 5) is 43.9. The average Bonchev–Trinajstić information content (AvgIpc) is 3.31. The maximum absolute atomic E-state index is 12.4. The molecule has 8 heteroatoms. The second kappa shape index (κ2) is 6.35. The first-order valence-electron chi connectivity index (χ1n) is 7.83. The van der Waals surface area contributed by atoms with Crippen molar-refractivity contribution in [1.82, 2.24) is 9.97 Å². The van der Waals surface area contributed by atoms with Crippen molar-refractivity contribution in [2.45, 2.75) is 39.7 Å². The maximum atomic E-state index is 12.4. The fourth-order valence-corrected chi connectivity index (χ4v) is 3.47. The highest BCUT2D eigenvalue weighted by Crippen LogP contribution is 2.32. The molecule has 1 aliphatic rings. The summed E-state index contributed by atoms with van der Waals surface area (Å²) in [7, 11) is 0. The SMILES string of the molecule is CCOC(=O)c1sc2nc([C@@H](C)OC(=O)C3CC3)[nH]c(=O)c2c1C. The van der Waals surface area contributed by atoms with E-state index in [0.29, 0.717) is 20.7 Å². The fraction of sp³-hybridized carbons (Fsp3) is 0.500. The minimum Gasteiger partial charge on any atom is -0.462 e. The fourth-order valence-electron chi connectivity index (χ4n) is 2.39. The molecule has 1 saturated carbocycles. The Hall–Kier alpha value is -2.22. The van der Waals surface area contributed by atoms with E-state index >= 15 is 0 Å². The van der Waals surface area contributed by atoms with E-state index in [0.717, 1.165) is 24.2 Å². The van der Waals surface area contributed by atoms with E-state index in [4.69, 9.17) is 9.47 Å². The normalized spacial score (nSPS) is 15.3. The Labute approximate surface area is 142 Å². The van der Waals surface area contributed by atoms with Crippen molar-refractivity contribution in [3.63, 3.8) is 0 Å². The van der Waals surface area contributed by atoms with Gasteiger partial charge in [0.25, 0.3) is 5.56 Å². The summed E-state index contributed by atoms with van der Waals surface area (Å²) in [6, 6.07) is 0. The summed E-state index contributed by atoms with van der Waals surface area (Å²) in [6.07, 6.45) is 1.05. The number of ether oxygens (including phenoxy) is 2. The van der Waals surface area contributed by atoms with E-state index in [1.54, 1.807) is 20.8 Å². The van der Waals surface area contributed by atoms with Crippen LogP contribution in [0.3, 0.4) is 0 Å². The zero-order valence-corrected chi connectivity index (χ0v) is 14.5. The van der Waals surface area contributed by atoms with Gasteiger partial charge < -0.3 is 14.5 Å². The summed E-state index contributed by atoms with van der Waals surface area (Å²) in [6.45, 7) is 5.34. The number of nitrogens with zero attached hydrogens (tertiary/aromatic N) is 1. The molecule has 0 aliphatic heterocycles. The van der Waals surface area contributed by atoms with E-state index in [9.17, 15) is 14.4 Å². The number of rotatable bonds is 5. The molecule has 0 amide bonds. The van der Waals surface area contributed by atoms with E-state index in [1.165, 1.54) is 0 Å². The third-order valence-electron chi connectivity index (χ3n) is 3.87. The lowest BCUT2D eigenvalue weighted by Crippen LogP contribution is -2.17. The molecule has 2 heterocycles. The van der Waals surface area contributed by atoms with Crippen LogP contribution in [-0.4, -0.2) is 28.5 Å². The predicted octanol–water partition coefficient (Wildman–Crippen LogP) is 2.48. The molecule has 2 aromatic heterocycles. The monoisotopic (exact) mass is 350 g/mol. The number of aromatic amines is 1. The van der Waals surface area contributed by atoms with Crippen molar-refractivity contribution in [2.75, 3.05) is 6.61 Å². The van der Waals surface area contributed by atoms with Gasteiger partial charge >= 0.3 is 11.9 Å². The van der Waals surface area contributed by atoms with Gasteiger partial charge in [0.05, 0.1) is 17.9 Å². The second-order valence-electron chi connectivity index (χ2n) is 5.76. The Balaban J connectivity index is 1.95. The molecule has 128 valence electrons. The number of fused-ring (bicyclic) bond motifs is 1. The molecule has 0 radical (unpaired) electrons. The molecule has 0 spiro atoms. The minimum atomic E-state index is -0.649. The van der Waals surface area contributed by atoms with Gasteiger partial charge in [0.15, 0.2) is 11.9 Å². The maximum Gasteiger partial charge on any atom is 0.348 e. The van der Waals surface area contributed by atoms with E-state index in [-0.39, 0.29) is 29.9 Å². The highest BCUT2D eigenvalue weighted by Gasteiger charge is 2.33. The largest absolute Gasteiger partial charge is 0.462 e. The molecule has 0 saturated heterocycles. The zero-order chi connectivity index (χ0) is 17.4. The van der Waals surface area contributed by atoms with Gasteiger partial charge in [0.1, 0.15) is 9.71 Å². The number of thiophene rings is 1. The van der Waals surface area contributed by atoms with Crippen LogP contribution in [0.2, 0.25) is 0 Å². The van der Waals surface area contributed by atoms with Crippen LogP contribution >= 0.6 is 11.3 Å². The Morgan fingerprint density at radius 2 is 2.12 bits per heavy atom. The molecular formula is C16H18N2O5S. The van der Waals surface area contributed by atoms with Gasteiger partial charge in [0.2, 0.25) is 0 Å². The summed E-state index contributed by atoms with van der Waals surface area (Å²) < 4.78 is 10.3. The number of aromatic nitrogens is 2. The van der Waals surface area contributed by atoms with Gasteiger partial charge in [-0.1, -0.05) is 0 Å². The molecule has 0 aromatic carbocycles. The zero-order valence-electron chi connectivity index (χ0n) is 13.7. The molecule has 24 heavy (non-hydrogen) atoms. The van der Waals surface area contributed by atoms with Crippen molar-refractivity contribution in [2.24, 2.45) is 5.92 Å². The minimum absolute atomic E-state index is 0.0256. The highest BCUT2D eigenvalue weighted by atomic mass is 32.1. The molecule has 2 aromatic rings. The van der Waals surface area contributed by atoms with Crippen LogP contribution in [0.15, 0.2) is 4.79 Å². The van der Waals surface area contributed by atoms with Gasteiger partial charge in [-0.15, -0.1) is 11.3 Å². The summed E-state index contributed by atoms with van der Waals surface area (Å²) in [5.74, 6) is -0.479. The lowest BCUT2D eigenvalue weighted by Gasteiger charge is -2.12. The van der Waals surface area contributed by atoms with Crippen molar-refractivity contribution in [3.05, 3.63) is 26.6 Å². The quantitative estimate of drug-likeness (QED) is 0.832. The second-order valence-corrected chi connectivity index (χ2v) is 6.76. The number of hydrogen-bond acceptors (Lipinski definition) is 7. The lowest BCUT2D eigenvalue weighted by atomic mass is 10.2. The predicted molar refractivity (Wildman–Crippen MR) is 88.2 cm³/mol. The lowest BCUT2D eigenvalue weighted by molar-refractivity contribution is -0.150. The molecule has 0 bridgehead atoms. The molecule has 1 aliphatic carbocycles. The molecule has 1 fully saturated rings. The average molecular weight is 350 g/mol. The third kappa shape index (κ3) is 3.06. The van der Waals surface area contributed by atoms with Gasteiger partial charge in [-0.3, -0.25) is 9.59 Å². The van der Waals surface area contributed by atoms with Crippen molar-refractivity contribution < 1.29 is 19.1 Å². The van der Waals surface area contributed by atoms with E-state index in [1.807, 2.05) is 0 Å². The van der Waals surface area contributed by atoms with Crippen LogP contribution < -0.4 is 5.56 Å². The number of esters is 2. The number of nitrogens with one attached hydrogen (secondary N) is 1. The van der Waals surface area contributed by atoms with Gasteiger partial charge in [-0.2, -0.15) is 0 Å². The van der Waals surface area contributed by atoms with Gasteiger partial charge in [0, 0.05) is 0 Å². The Morgan fingerprint density at radius 3 is 2.75 bits per heavy atom. The number of aryl methyl sites for hydroxylation is 1. The number of carbonyl (C=O) groups is 2. The van der Waals surface area contributed by atoms with Crippen LogP contribution in [0.5, 0.6) is 0 Å². The first kappa shape index (κ1) is 16.6. The van der Waals surface area contributed by atoms with Crippen molar-refractivity contribution in [1.29, 1.82) is 0 Å². The van der Waals surface area contributed by atoms with Crippen LogP contribution in [-0.2, 0) is 14.3 Å². The molecule has 3 rings (SSSR count). The Bertz CT molecular complexity index is 865. The van der Waals surface area contributed by atoms with Crippen LogP contribution in [0.4, 0.5) is 0 Å². The number of carbonyl (C=O) groups excluding carboxylic acids is 2. The standard InChI is InChI=1S/C16H18N2O5S/c1-4-22-16(21)11-7(2)10-13(19)17-12(18-14(10)24-11)8(3)23-15(20)9-5-6-9/h8-9H,4-6H2,1-3H3,(H,17,18,19)/t8-/m1/s1. The van der Waals surface area contributed by atoms with Crippen molar-refractivity contribution in [3.8, 4) is 0 Å². The first-order valence-corrected chi connectivity index (χ1v) is 8.65. The molecule has 7 nitrogen and oxygen atoms in total. The Kier molecular flexibility index (Phi) is 4.40. The first-order chi connectivity index (χ1) is 11.4. The molecule has 0 unspecified atom stereocenters. The number of H-pyrrole nitrogens is 1. The molecule has 1 atom stereocenters. The van der Waals surface area contributed by atoms with Crippen LogP contribution in [0.25, 0.3) is 10.2 Å². The Morgan fingerprint density at radius 1 is 1.42 bits per heavy atom. The number of hydrogen-bond donors (Lipinski definition) is 1. The summed E-state index contributed by atoms with van der Waals surface area (Å²) in [5.41, 5.74) is 0.199. The smallest absolute Gasteiger partial charge is 0.348 e. The van der Waals surface area contributed by atoms with E-state index in [2.05, 4.69) is 9.97 Å². The van der Waals surface area contributed by atoms with Crippen LogP contribution in [0.1, 0.15) is 53.9 Å². The van der Waals surface area contributed by atoms with Crippen LogP contribution in [0, 0.1) is 12.8 Å². The molecular weight excluding hydrogens is 332 g/mol. The van der Waals surface area contributed by atoms with Gasteiger partial charge in [-0.05, 0) is 39.2 Å². The topological polar surface area (TPSA) is 98.3 Å².